The molecule has 0 aliphatic rings. The average Bonchev–Trinajstić information content (AvgIpc) is 3.26. The monoisotopic (exact) mass is 527 g/mol. The second-order valence-corrected chi connectivity index (χ2v) is 7.90. The Bertz CT molecular complexity index is 1490. The number of hydrogen-bond acceptors (Lipinski definition) is 7. The number of benzene rings is 2. The predicted molar refractivity (Wildman–Crippen MR) is 123 cm³/mol. The molecule has 2 heterocycles. The lowest BCUT2D eigenvalue weighted by Crippen LogP contribution is -2.17. The normalized spacial score (nSPS) is 10.7. The first-order valence-corrected chi connectivity index (χ1v) is 10.3. The second kappa shape index (κ2) is 9.15. The molecule has 13 heteroatoms. The van der Waals surface area contributed by atoms with Gasteiger partial charge in [-0.1, -0.05) is 15.9 Å². The van der Waals surface area contributed by atoms with E-state index in [0.717, 1.165) is 16.6 Å². The summed E-state index contributed by atoms with van der Waals surface area (Å²) in [6, 6.07) is 10.5. The van der Waals surface area contributed by atoms with Crippen molar-refractivity contribution in [3.05, 3.63) is 91.2 Å². The summed E-state index contributed by atoms with van der Waals surface area (Å²) < 4.78 is 7.33. The summed E-state index contributed by atoms with van der Waals surface area (Å²) in [5.74, 6) is -1.42. The molecule has 4 rings (SSSR count). The van der Waals surface area contributed by atoms with E-state index in [2.05, 4.69) is 31.2 Å². The molecule has 3 N–H and O–H groups in total. The zero-order valence-corrected chi connectivity index (χ0v) is 18.6. The van der Waals surface area contributed by atoms with E-state index in [1.54, 1.807) is 24.3 Å². The number of carbonyl (C=O) groups excluding carboxylic acids is 1. The maximum Gasteiger partial charge on any atom is 0.412 e. The first kappa shape index (κ1) is 22.7. The van der Waals surface area contributed by atoms with Gasteiger partial charge in [0.1, 0.15) is 17.9 Å². The van der Waals surface area contributed by atoms with E-state index in [0.29, 0.717) is 11.4 Å². The fourth-order valence-electron chi connectivity index (χ4n) is 3.14. The first-order chi connectivity index (χ1) is 16.2. The van der Waals surface area contributed by atoms with Gasteiger partial charge in [-0.25, -0.2) is 14.6 Å². The number of carboxylic acids is 1. The summed E-state index contributed by atoms with van der Waals surface area (Å²) in [7, 11) is 0. The predicted octanol–water partition coefficient (Wildman–Crippen LogP) is 3.83. The van der Waals surface area contributed by atoms with E-state index in [9.17, 15) is 29.6 Å². The van der Waals surface area contributed by atoms with Gasteiger partial charge in [0.05, 0.1) is 22.5 Å². The molecule has 172 valence electrons. The fourth-order valence-corrected chi connectivity index (χ4v) is 3.40. The Labute approximate surface area is 198 Å². The third-order valence-electron chi connectivity index (χ3n) is 4.72. The smallest absolute Gasteiger partial charge is 0.412 e. The lowest BCUT2D eigenvalue weighted by molar-refractivity contribution is -0.384. The number of aromatic carboxylic acids is 1. The Balaban J connectivity index is 1.58. The van der Waals surface area contributed by atoms with Crippen LogP contribution in [0.5, 0.6) is 0 Å². The number of nitrogens with zero attached hydrogens (tertiary/aromatic N) is 3. The maximum absolute atomic E-state index is 12.0. The average molecular weight is 528 g/mol. The minimum Gasteiger partial charge on any atom is -0.477 e. The number of anilines is 1. The van der Waals surface area contributed by atoms with E-state index < -0.39 is 28.1 Å². The summed E-state index contributed by atoms with van der Waals surface area (Å²) in [6.07, 6.45) is 2.02. The van der Waals surface area contributed by atoms with E-state index in [1.165, 1.54) is 23.2 Å². The standard InChI is InChI=1S/C21H14BrN5O7/c22-12-1-3-13(4-2-12)24-21(31)34-9-14-8-26(10-23-14)17-6-11-5-15(20(29)30)19(28)25-16(11)7-18(17)27(32)33/h1-8,10H,9H2,(H,24,31)(H,25,28)(H,29,30). The van der Waals surface area contributed by atoms with Gasteiger partial charge in [0.2, 0.25) is 0 Å². The van der Waals surface area contributed by atoms with Crippen molar-refractivity contribution in [1.29, 1.82) is 0 Å². The topological polar surface area (TPSA) is 169 Å². The van der Waals surface area contributed by atoms with E-state index in [-0.39, 0.29) is 28.9 Å². The Morgan fingerprint density at radius 1 is 1.24 bits per heavy atom. The van der Waals surface area contributed by atoms with E-state index >= 15 is 0 Å². The number of imidazole rings is 1. The molecular formula is C21H14BrN5O7. The zero-order valence-electron chi connectivity index (χ0n) is 17.0. The van der Waals surface area contributed by atoms with E-state index in [1.807, 2.05) is 0 Å². The largest absolute Gasteiger partial charge is 0.477 e. The number of hydrogen-bond donors (Lipinski definition) is 3. The quantitative estimate of drug-likeness (QED) is 0.251. The molecule has 2 aromatic carbocycles. The van der Waals surface area contributed by atoms with Crippen LogP contribution in [0.25, 0.3) is 16.6 Å². The summed E-state index contributed by atoms with van der Waals surface area (Å²) in [5.41, 5.74) is -0.673. The summed E-state index contributed by atoms with van der Waals surface area (Å²) in [6.45, 7) is -0.201. The van der Waals surface area contributed by atoms with E-state index in [4.69, 9.17) is 4.74 Å². The number of nitrogens with one attached hydrogen (secondary N) is 2. The van der Waals surface area contributed by atoms with Gasteiger partial charge in [0.15, 0.2) is 0 Å². The van der Waals surface area contributed by atoms with Crippen LogP contribution in [-0.2, 0) is 11.3 Å². The first-order valence-electron chi connectivity index (χ1n) is 9.52. The van der Waals surface area contributed by atoms with Gasteiger partial charge < -0.3 is 14.8 Å². The number of pyridine rings is 1. The number of fused-ring (bicyclic) bond motifs is 1. The minimum absolute atomic E-state index is 0.0824. The fraction of sp³-hybridized carbons (Fsp3) is 0.0476. The van der Waals surface area contributed by atoms with Crippen LogP contribution >= 0.6 is 15.9 Å². The third kappa shape index (κ3) is 4.78. The van der Waals surface area contributed by atoms with Crippen molar-refractivity contribution in [3.8, 4) is 5.69 Å². The van der Waals surface area contributed by atoms with Gasteiger partial charge in [0, 0.05) is 27.8 Å². The number of carboxylic acid groups (broad SMARTS) is 1. The molecule has 2 aromatic heterocycles. The Morgan fingerprint density at radius 2 is 1.97 bits per heavy atom. The molecule has 0 saturated carbocycles. The summed E-state index contributed by atoms with van der Waals surface area (Å²) in [5, 5.41) is 23.6. The number of nitro groups is 1. The molecule has 0 aliphatic carbocycles. The Morgan fingerprint density at radius 3 is 2.65 bits per heavy atom. The summed E-state index contributed by atoms with van der Waals surface area (Å²) >= 11 is 3.30. The van der Waals surface area contributed by atoms with Gasteiger partial charge in [-0.2, -0.15) is 0 Å². The van der Waals surface area contributed by atoms with Gasteiger partial charge in [-0.05, 0) is 36.4 Å². The minimum atomic E-state index is -1.42. The Kier molecular flexibility index (Phi) is 6.10. The van der Waals surface area contributed by atoms with Crippen LogP contribution in [0.3, 0.4) is 0 Å². The van der Waals surface area contributed by atoms with Crippen LogP contribution in [0, 0.1) is 10.1 Å². The lowest BCUT2D eigenvalue weighted by Gasteiger charge is -2.07. The SMILES string of the molecule is O=C(Nc1ccc(Br)cc1)OCc1cn(-c2cc3cc(C(=O)O)c(=O)[nH]c3cc2[N+](=O)[O-])cn1. The number of nitro benzene ring substituents is 1. The molecule has 0 saturated heterocycles. The third-order valence-corrected chi connectivity index (χ3v) is 5.25. The van der Waals surface area contributed by atoms with Gasteiger partial charge in [0.25, 0.3) is 11.2 Å². The number of rotatable bonds is 6. The molecule has 12 nitrogen and oxygen atoms in total. The molecule has 0 radical (unpaired) electrons. The van der Waals surface area contributed by atoms with Crippen molar-refractivity contribution in [3.63, 3.8) is 0 Å². The molecule has 0 unspecified atom stereocenters. The van der Waals surface area contributed by atoms with Crippen LogP contribution in [-0.4, -0.2) is 36.6 Å². The molecule has 0 fully saturated rings. The second-order valence-electron chi connectivity index (χ2n) is 6.98. The van der Waals surface area contributed by atoms with Crippen LogP contribution in [0.15, 0.2) is 64.3 Å². The number of halogens is 1. The molecule has 0 spiro atoms. The molecule has 0 atom stereocenters. The maximum atomic E-state index is 12.0. The lowest BCUT2D eigenvalue weighted by atomic mass is 10.1. The van der Waals surface area contributed by atoms with Gasteiger partial charge in [-0.3, -0.25) is 24.8 Å². The van der Waals surface area contributed by atoms with Crippen molar-refractivity contribution in [2.75, 3.05) is 5.32 Å². The highest BCUT2D eigenvalue weighted by Gasteiger charge is 2.20. The van der Waals surface area contributed by atoms with Gasteiger partial charge >= 0.3 is 12.1 Å². The van der Waals surface area contributed by atoms with Crippen molar-refractivity contribution >= 4 is 50.3 Å². The Hall–Kier alpha value is -4.52. The number of H-pyrrole nitrogens is 1. The molecule has 4 aromatic rings. The van der Waals surface area contributed by atoms with Crippen LogP contribution in [0.4, 0.5) is 16.2 Å². The molecule has 34 heavy (non-hydrogen) atoms. The van der Waals surface area contributed by atoms with Crippen molar-refractivity contribution < 1.29 is 24.4 Å². The number of aromatic nitrogens is 3. The number of ether oxygens (including phenoxy) is 1. The number of aromatic amines is 1. The van der Waals surface area contributed by atoms with Crippen LogP contribution in [0.1, 0.15) is 16.1 Å². The van der Waals surface area contributed by atoms with Gasteiger partial charge in [-0.15, -0.1) is 0 Å². The van der Waals surface area contributed by atoms with Crippen molar-refractivity contribution in [1.82, 2.24) is 14.5 Å². The highest BCUT2D eigenvalue weighted by molar-refractivity contribution is 9.10. The van der Waals surface area contributed by atoms with Crippen molar-refractivity contribution in [2.45, 2.75) is 6.61 Å². The van der Waals surface area contributed by atoms with Crippen LogP contribution in [0.2, 0.25) is 0 Å². The van der Waals surface area contributed by atoms with Crippen molar-refractivity contribution in [2.24, 2.45) is 0 Å². The molecule has 1 amide bonds. The molecular weight excluding hydrogens is 514 g/mol. The van der Waals surface area contributed by atoms with Crippen LogP contribution < -0.4 is 10.9 Å². The molecule has 0 aliphatic heterocycles. The highest BCUT2D eigenvalue weighted by Crippen LogP contribution is 2.28. The molecule has 0 bridgehead atoms. The summed E-state index contributed by atoms with van der Waals surface area (Å²) in [4.78, 5) is 52.6. The number of carbonyl (C=O) groups is 2. The zero-order chi connectivity index (χ0) is 24.4. The highest BCUT2D eigenvalue weighted by atomic mass is 79.9. The number of amides is 1.